The molecule has 100 valence electrons. The van der Waals surface area contributed by atoms with Gasteiger partial charge in [-0.05, 0) is 24.1 Å². The molecule has 4 nitrogen and oxygen atoms in total. The van der Waals surface area contributed by atoms with Gasteiger partial charge in [-0.25, -0.2) is 0 Å². The summed E-state index contributed by atoms with van der Waals surface area (Å²) in [4.78, 5) is 12.9. The van der Waals surface area contributed by atoms with Gasteiger partial charge < -0.3 is 15.4 Å². The summed E-state index contributed by atoms with van der Waals surface area (Å²) < 4.78 is 5.51. The van der Waals surface area contributed by atoms with Gasteiger partial charge in [-0.2, -0.15) is 0 Å². The van der Waals surface area contributed by atoms with E-state index in [1.54, 1.807) is 19.0 Å². The van der Waals surface area contributed by atoms with Crippen LogP contribution >= 0.6 is 0 Å². The van der Waals surface area contributed by atoms with Gasteiger partial charge in [0.25, 0.3) is 0 Å². The molecule has 0 spiro atoms. The number of nitrogens with zero attached hydrogens (tertiary/aromatic N) is 1. The van der Waals surface area contributed by atoms with Gasteiger partial charge in [0.2, 0.25) is 5.91 Å². The van der Waals surface area contributed by atoms with Crippen LogP contribution in [0.5, 0.6) is 5.75 Å². The summed E-state index contributed by atoms with van der Waals surface area (Å²) in [5, 5.41) is 0. The fraction of sp³-hybridized carbons (Fsp3) is 0.500. The van der Waals surface area contributed by atoms with Gasteiger partial charge in [-0.15, -0.1) is 0 Å². The van der Waals surface area contributed by atoms with Crippen LogP contribution < -0.4 is 10.5 Å². The van der Waals surface area contributed by atoms with E-state index >= 15 is 0 Å². The topological polar surface area (TPSA) is 55.6 Å². The van der Waals surface area contributed by atoms with Crippen LogP contribution in [0.15, 0.2) is 24.3 Å². The molecule has 0 saturated heterocycles. The van der Waals surface area contributed by atoms with Gasteiger partial charge in [-0.1, -0.05) is 19.1 Å². The molecule has 1 aromatic rings. The van der Waals surface area contributed by atoms with E-state index in [2.05, 4.69) is 6.92 Å². The SMILES string of the molecule is CC[C@H](N)c1ccc(OCCC(=O)N(C)C)cc1. The van der Waals surface area contributed by atoms with Crippen LogP contribution in [0, 0.1) is 0 Å². The van der Waals surface area contributed by atoms with E-state index in [9.17, 15) is 4.79 Å². The van der Waals surface area contributed by atoms with Crippen molar-refractivity contribution in [3.05, 3.63) is 29.8 Å². The smallest absolute Gasteiger partial charge is 0.225 e. The average molecular weight is 250 g/mol. The molecular formula is C14H22N2O2. The third-order valence-corrected chi connectivity index (χ3v) is 2.83. The largest absolute Gasteiger partial charge is 0.493 e. The lowest BCUT2D eigenvalue weighted by atomic mass is 10.1. The van der Waals surface area contributed by atoms with Crippen molar-refractivity contribution in [2.45, 2.75) is 25.8 Å². The molecule has 0 aliphatic rings. The minimum absolute atomic E-state index is 0.0691. The molecule has 2 N–H and O–H groups in total. The van der Waals surface area contributed by atoms with Crippen molar-refractivity contribution >= 4 is 5.91 Å². The summed E-state index contributed by atoms with van der Waals surface area (Å²) in [5.41, 5.74) is 7.03. The molecule has 0 saturated carbocycles. The van der Waals surface area contributed by atoms with Crippen molar-refractivity contribution < 1.29 is 9.53 Å². The fourth-order valence-corrected chi connectivity index (χ4v) is 1.53. The van der Waals surface area contributed by atoms with E-state index < -0.39 is 0 Å². The zero-order valence-corrected chi connectivity index (χ0v) is 11.3. The van der Waals surface area contributed by atoms with E-state index in [0.717, 1.165) is 17.7 Å². The van der Waals surface area contributed by atoms with Crippen LogP contribution in [0.3, 0.4) is 0 Å². The molecule has 0 aromatic heterocycles. The lowest BCUT2D eigenvalue weighted by Crippen LogP contribution is -2.23. The van der Waals surface area contributed by atoms with Gasteiger partial charge in [0.05, 0.1) is 13.0 Å². The molecule has 4 heteroatoms. The Morgan fingerprint density at radius 2 is 1.94 bits per heavy atom. The Bertz CT molecular complexity index is 374. The van der Waals surface area contributed by atoms with Crippen LogP contribution in [-0.4, -0.2) is 31.5 Å². The lowest BCUT2D eigenvalue weighted by Gasteiger charge is -2.12. The van der Waals surface area contributed by atoms with Crippen LogP contribution in [0.25, 0.3) is 0 Å². The second-order valence-corrected chi connectivity index (χ2v) is 4.47. The highest BCUT2D eigenvalue weighted by Gasteiger charge is 2.05. The van der Waals surface area contributed by atoms with Crippen molar-refractivity contribution in [1.82, 2.24) is 4.90 Å². The Balaban J connectivity index is 2.42. The van der Waals surface area contributed by atoms with E-state index in [0.29, 0.717) is 13.0 Å². The maximum atomic E-state index is 11.3. The van der Waals surface area contributed by atoms with E-state index in [1.165, 1.54) is 0 Å². The molecule has 1 amide bonds. The molecule has 0 heterocycles. The third kappa shape index (κ3) is 4.37. The standard InChI is InChI=1S/C14H22N2O2/c1-4-13(15)11-5-7-12(8-6-11)18-10-9-14(17)16(2)3/h5-8,13H,4,9-10,15H2,1-3H3/t13-/m0/s1. The number of carbonyl (C=O) groups is 1. The number of ether oxygens (including phenoxy) is 1. The Labute approximate surface area is 109 Å². The monoisotopic (exact) mass is 250 g/mol. The van der Waals surface area contributed by atoms with Crippen molar-refractivity contribution in [3.8, 4) is 5.75 Å². The van der Waals surface area contributed by atoms with E-state index in [-0.39, 0.29) is 11.9 Å². The lowest BCUT2D eigenvalue weighted by molar-refractivity contribution is -0.129. The minimum atomic E-state index is 0.0691. The van der Waals surface area contributed by atoms with Crippen LogP contribution in [0.4, 0.5) is 0 Å². The van der Waals surface area contributed by atoms with Crippen molar-refractivity contribution in [1.29, 1.82) is 0 Å². The number of hydrogen-bond acceptors (Lipinski definition) is 3. The Hall–Kier alpha value is -1.55. The Morgan fingerprint density at radius 3 is 2.44 bits per heavy atom. The minimum Gasteiger partial charge on any atom is -0.493 e. The molecule has 0 fully saturated rings. The normalized spacial score (nSPS) is 12.0. The zero-order chi connectivity index (χ0) is 13.5. The molecule has 1 atom stereocenters. The number of amides is 1. The molecule has 0 aliphatic carbocycles. The fourth-order valence-electron chi connectivity index (χ4n) is 1.53. The summed E-state index contributed by atoms with van der Waals surface area (Å²) in [5.74, 6) is 0.841. The molecule has 1 rings (SSSR count). The average Bonchev–Trinajstić information content (AvgIpc) is 2.38. The van der Waals surface area contributed by atoms with Gasteiger partial charge >= 0.3 is 0 Å². The second-order valence-electron chi connectivity index (χ2n) is 4.47. The van der Waals surface area contributed by atoms with Crippen LogP contribution in [0.1, 0.15) is 31.4 Å². The number of benzene rings is 1. The predicted molar refractivity (Wildman–Crippen MR) is 72.5 cm³/mol. The Morgan fingerprint density at radius 1 is 1.33 bits per heavy atom. The number of carbonyl (C=O) groups excluding carboxylic acids is 1. The highest BCUT2D eigenvalue weighted by Crippen LogP contribution is 2.18. The second kappa shape index (κ2) is 7.01. The molecular weight excluding hydrogens is 228 g/mol. The summed E-state index contributed by atoms with van der Waals surface area (Å²) in [7, 11) is 3.48. The van der Waals surface area contributed by atoms with Crippen LogP contribution in [0.2, 0.25) is 0 Å². The summed E-state index contributed by atoms with van der Waals surface area (Å²) >= 11 is 0. The van der Waals surface area contributed by atoms with Crippen molar-refractivity contribution in [2.75, 3.05) is 20.7 Å². The van der Waals surface area contributed by atoms with E-state index in [1.807, 2.05) is 24.3 Å². The van der Waals surface area contributed by atoms with Gasteiger partial charge in [0.15, 0.2) is 0 Å². The van der Waals surface area contributed by atoms with Crippen LogP contribution in [-0.2, 0) is 4.79 Å². The first-order valence-corrected chi connectivity index (χ1v) is 6.23. The third-order valence-electron chi connectivity index (χ3n) is 2.83. The van der Waals surface area contributed by atoms with Crippen molar-refractivity contribution in [2.24, 2.45) is 5.73 Å². The molecule has 0 aliphatic heterocycles. The number of nitrogens with two attached hydrogens (primary N) is 1. The van der Waals surface area contributed by atoms with Gasteiger partial charge in [0.1, 0.15) is 5.75 Å². The summed E-state index contributed by atoms with van der Waals surface area (Å²) in [6.07, 6.45) is 1.31. The molecule has 1 aromatic carbocycles. The molecule has 0 unspecified atom stereocenters. The Kier molecular flexibility index (Phi) is 5.65. The van der Waals surface area contributed by atoms with Crippen molar-refractivity contribution in [3.63, 3.8) is 0 Å². The van der Waals surface area contributed by atoms with Gasteiger partial charge in [0, 0.05) is 20.1 Å². The van der Waals surface area contributed by atoms with E-state index in [4.69, 9.17) is 10.5 Å². The highest BCUT2D eigenvalue weighted by molar-refractivity contribution is 5.75. The highest BCUT2D eigenvalue weighted by atomic mass is 16.5. The first kappa shape index (κ1) is 14.5. The summed E-state index contributed by atoms with van der Waals surface area (Å²) in [6, 6.07) is 7.80. The predicted octanol–water partition coefficient (Wildman–Crippen LogP) is 1.95. The summed E-state index contributed by atoms with van der Waals surface area (Å²) in [6.45, 7) is 2.46. The maximum absolute atomic E-state index is 11.3. The molecule has 0 radical (unpaired) electrons. The first-order valence-electron chi connectivity index (χ1n) is 6.23. The van der Waals surface area contributed by atoms with Gasteiger partial charge in [-0.3, -0.25) is 4.79 Å². The first-order chi connectivity index (χ1) is 8.54. The molecule has 18 heavy (non-hydrogen) atoms. The maximum Gasteiger partial charge on any atom is 0.225 e. The number of hydrogen-bond donors (Lipinski definition) is 1. The molecule has 0 bridgehead atoms. The quantitative estimate of drug-likeness (QED) is 0.839. The number of rotatable bonds is 6. The zero-order valence-electron chi connectivity index (χ0n) is 11.3.